The van der Waals surface area contributed by atoms with Gasteiger partial charge in [-0.2, -0.15) is 0 Å². The Hall–Kier alpha value is -1.32. The minimum atomic E-state index is -0.0171. The quantitative estimate of drug-likeness (QED) is 0.220. The summed E-state index contributed by atoms with van der Waals surface area (Å²) in [7, 11) is 0. The van der Waals surface area contributed by atoms with Crippen molar-refractivity contribution in [3.8, 4) is 0 Å². The van der Waals surface area contributed by atoms with E-state index in [0.717, 1.165) is 35.9 Å². The summed E-state index contributed by atoms with van der Waals surface area (Å²) in [6.07, 6.45) is 0.818. The predicted octanol–water partition coefficient (Wildman–Crippen LogP) is 3.89. The largest absolute Gasteiger partial charge is 0.357 e. The van der Waals surface area contributed by atoms with Crippen LogP contribution in [-0.4, -0.2) is 31.5 Å². The summed E-state index contributed by atoms with van der Waals surface area (Å²) < 4.78 is 0. The summed E-state index contributed by atoms with van der Waals surface area (Å²) in [5.74, 6) is 0.739. The molecule has 0 atom stereocenters. The number of amides is 1. The topological polar surface area (TPSA) is 65.5 Å². The van der Waals surface area contributed by atoms with Gasteiger partial charge in [-0.25, -0.2) is 4.99 Å². The molecule has 26 heavy (non-hydrogen) atoms. The summed E-state index contributed by atoms with van der Waals surface area (Å²) in [4.78, 5) is 17.1. The highest BCUT2D eigenvalue weighted by atomic mass is 127. The summed E-state index contributed by atoms with van der Waals surface area (Å²) in [5.41, 5.74) is 1.06. The second kappa shape index (κ2) is 12.9. The lowest BCUT2D eigenvalue weighted by Crippen LogP contribution is -2.38. The molecule has 0 radical (unpaired) electrons. The molecule has 5 nitrogen and oxygen atoms in total. The lowest BCUT2D eigenvalue weighted by atomic mass is 10.2. The molecule has 0 aliphatic carbocycles. The summed E-state index contributed by atoms with van der Waals surface area (Å²) in [5, 5.41) is 12.0. The monoisotopic (exact) mass is 506 g/mol. The molecule has 0 unspecified atom stereocenters. The first-order chi connectivity index (χ1) is 12.2. The van der Waals surface area contributed by atoms with Crippen molar-refractivity contribution in [1.82, 2.24) is 16.0 Å². The Labute approximate surface area is 180 Å². The number of aliphatic imine (C=N–C) groups is 1. The standard InChI is InChI=1S/C18H23ClN4OS.HI/c1-2-20-18(23-13-14-6-3-7-15(19)12-14)22-10-5-9-21-17(24)16-8-4-11-25-16;/h3-4,6-8,11-12H,2,5,9-10,13H2,1H3,(H,21,24)(H2,20,22,23);1H. The van der Waals surface area contributed by atoms with E-state index in [2.05, 4.69) is 20.9 Å². The van der Waals surface area contributed by atoms with E-state index in [-0.39, 0.29) is 29.9 Å². The molecule has 1 aromatic carbocycles. The SMILES string of the molecule is CCNC(=NCc1cccc(Cl)c1)NCCCNC(=O)c1cccs1.I. The number of carbonyl (C=O) groups is 1. The van der Waals surface area contributed by atoms with E-state index in [1.807, 2.05) is 48.7 Å². The van der Waals surface area contributed by atoms with Crippen molar-refractivity contribution >= 4 is 58.8 Å². The molecule has 3 N–H and O–H groups in total. The second-order valence-electron chi connectivity index (χ2n) is 5.34. The molecule has 0 bridgehead atoms. The number of carbonyl (C=O) groups excluding carboxylic acids is 1. The lowest BCUT2D eigenvalue weighted by molar-refractivity contribution is 0.0957. The maximum Gasteiger partial charge on any atom is 0.261 e. The Bertz CT molecular complexity index is 694. The summed E-state index contributed by atoms with van der Waals surface area (Å²) in [6.45, 7) is 4.73. The predicted molar refractivity (Wildman–Crippen MR) is 121 cm³/mol. The van der Waals surface area contributed by atoms with Gasteiger partial charge in [0.1, 0.15) is 0 Å². The van der Waals surface area contributed by atoms with Gasteiger partial charge in [0, 0.05) is 24.7 Å². The zero-order chi connectivity index (χ0) is 17.9. The van der Waals surface area contributed by atoms with Crippen molar-refractivity contribution in [3.63, 3.8) is 0 Å². The highest BCUT2D eigenvalue weighted by molar-refractivity contribution is 14.0. The first kappa shape index (κ1) is 22.7. The van der Waals surface area contributed by atoms with Crippen LogP contribution in [0.1, 0.15) is 28.6 Å². The first-order valence-electron chi connectivity index (χ1n) is 8.27. The van der Waals surface area contributed by atoms with Crippen molar-refractivity contribution in [2.75, 3.05) is 19.6 Å². The molecule has 0 fully saturated rings. The van der Waals surface area contributed by atoms with Gasteiger partial charge in [-0.05, 0) is 42.5 Å². The van der Waals surface area contributed by atoms with Crippen molar-refractivity contribution in [2.24, 2.45) is 4.99 Å². The van der Waals surface area contributed by atoms with Crippen LogP contribution in [0.3, 0.4) is 0 Å². The number of nitrogens with zero attached hydrogens (tertiary/aromatic N) is 1. The van der Waals surface area contributed by atoms with Crippen LogP contribution in [0, 0.1) is 0 Å². The van der Waals surface area contributed by atoms with E-state index in [4.69, 9.17) is 11.6 Å². The molecule has 1 heterocycles. The fourth-order valence-corrected chi connectivity index (χ4v) is 2.99. The fraction of sp³-hybridized carbons (Fsp3) is 0.333. The molecule has 0 saturated carbocycles. The van der Waals surface area contributed by atoms with Crippen LogP contribution >= 0.6 is 46.9 Å². The van der Waals surface area contributed by atoms with Crippen LogP contribution in [0.5, 0.6) is 0 Å². The van der Waals surface area contributed by atoms with E-state index in [9.17, 15) is 4.79 Å². The molecule has 0 saturated heterocycles. The van der Waals surface area contributed by atoms with Gasteiger partial charge in [-0.15, -0.1) is 35.3 Å². The van der Waals surface area contributed by atoms with E-state index < -0.39 is 0 Å². The zero-order valence-electron chi connectivity index (χ0n) is 14.6. The van der Waals surface area contributed by atoms with Gasteiger partial charge in [-0.3, -0.25) is 4.79 Å². The summed E-state index contributed by atoms with van der Waals surface area (Å²) >= 11 is 7.43. The van der Waals surface area contributed by atoms with Crippen molar-refractivity contribution in [1.29, 1.82) is 0 Å². The van der Waals surface area contributed by atoms with Crippen molar-refractivity contribution in [2.45, 2.75) is 19.9 Å². The van der Waals surface area contributed by atoms with E-state index in [0.29, 0.717) is 18.1 Å². The highest BCUT2D eigenvalue weighted by Gasteiger charge is 2.04. The minimum Gasteiger partial charge on any atom is -0.357 e. The molecule has 0 aliphatic rings. The second-order valence-corrected chi connectivity index (χ2v) is 6.72. The number of rotatable bonds is 8. The van der Waals surface area contributed by atoms with Gasteiger partial charge in [0.15, 0.2) is 5.96 Å². The third kappa shape index (κ3) is 8.37. The van der Waals surface area contributed by atoms with Gasteiger partial charge in [0.25, 0.3) is 5.91 Å². The average Bonchev–Trinajstić information content (AvgIpc) is 3.14. The average molecular weight is 507 g/mol. The van der Waals surface area contributed by atoms with Gasteiger partial charge in [0.05, 0.1) is 11.4 Å². The molecule has 0 spiro atoms. The Morgan fingerprint density at radius 3 is 2.65 bits per heavy atom. The number of hydrogen-bond donors (Lipinski definition) is 3. The van der Waals surface area contributed by atoms with E-state index >= 15 is 0 Å². The van der Waals surface area contributed by atoms with Crippen LogP contribution in [-0.2, 0) is 6.54 Å². The van der Waals surface area contributed by atoms with Gasteiger partial charge >= 0.3 is 0 Å². The molecule has 2 aromatic rings. The van der Waals surface area contributed by atoms with Crippen LogP contribution in [0.25, 0.3) is 0 Å². The normalized spacial score (nSPS) is 10.8. The number of benzene rings is 1. The molecule has 2 rings (SSSR count). The smallest absolute Gasteiger partial charge is 0.261 e. The minimum absolute atomic E-state index is 0. The number of nitrogens with one attached hydrogen (secondary N) is 3. The third-order valence-electron chi connectivity index (χ3n) is 3.33. The van der Waals surface area contributed by atoms with E-state index in [1.54, 1.807) is 0 Å². The Balaban J connectivity index is 0.00000338. The molecular formula is C18H24ClIN4OS. The highest BCUT2D eigenvalue weighted by Crippen LogP contribution is 2.11. The molecular weight excluding hydrogens is 483 g/mol. The summed E-state index contributed by atoms with van der Waals surface area (Å²) in [6, 6.07) is 11.4. The Morgan fingerprint density at radius 2 is 1.96 bits per heavy atom. The van der Waals surface area contributed by atoms with Crippen LogP contribution in [0.4, 0.5) is 0 Å². The molecule has 1 aromatic heterocycles. The molecule has 8 heteroatoms. The van der Waals surface area contributed by atoms with Gasteiger partial charge in [0.2, 0.25) is 0 Å². The van der Waals surface area contributed by atoms with Crippen LogP contribution in [0.2, 0.25) is 5.02 Å². The maximum atomic E-state index is 11.8. The lowest BCUT2D eigenvalue weighted by Gasteiger charge is -2.11. The van der Waals surface area contributed by atoms with Gasteiger partial charge < -0.3 is 16.0 Å². The van der Waals surface area contributed by atoms with Crippen LogP contribution in [0.15, 0.2) is 46.8 Å². The zero-order valence-corrected chi connectivity index (χ0v) is 18.5. The fourth-order valence-electron chi connectivity index (χ4n) is 2.14. The number of thiophene rings is 1. The van der Waals surface area contributed by atoms with Crippen molar-refractivity contribution in [3.05, 3.63) is 57.2 Å². The Morgan fingerprint density at radius 1 is 1.15 bits per heavy atom. The third-order valence-corrected chi connectivity index (χ3v) is 4.43. The van der Waals surface area contributed by atoms with Crippen LogP contribution < -0.4 is 16.0 Å². The number of halogens is 2. The van der Waals surface area contributed by atoms with Gasteiger partial charge in [-0.1, -0.05) is 29.8 Å². The van der Waals surface area contributed by atoms with E-state index in [1.165, 1.54) is 11.3 Å². The number of guanidine groups is 1. The maximum absolute atomic E-state index is 11.8. The molecule has 0 aliphatic heterocycles. The Kier molecular flexibility index (Phi) is 11.3. The molecule has 1 amide bonds. The molecule has 142 valence electrons. The number of hydrogen-bond acceptors (Lipinski definition) is 3. The first-order valence-corrected chi connectivity index (χ1v) is 9.53. The van der Waals surface area contributed by atoms with Crippen molar-refractivity contribution < 1.29 is 4.79 Å².